The number of hydrogen-bond donors (Lipinski definition) is 1. The van der Waals surface area contributed by atoms with Gasteiger partial charge in [0.15, 0.2) is 11.5 Å². The van der Waals surface area contributed by atoms with E-state index in [1.807, 2.05) is 4.90 Å². The molecule has 0 bridgehead atoms. The number of carbonyl (C=O) groups excluding carboxylic acids is 1. The molecule has 1 N–H and O–H groups in total. The van der Waals surface area contributed by atoms with Gasteiger partial charge in [0, 0.05) is 43.5 Å². The van der Waals surface area contributed by atoms with Crippen molar-refractivity contribution in [3.05, 3.63) is 98.2 Å². The van der Waals surface area contributed by atoms with Crippen molar-refractivity contribution >= 4 is 22.5 Å². The van der Waals surface area contributed by atoms with E-state index in [0.717, 1.165) is 23.2 Å². The molecule has 0 aliphatic carbocycles. The molecule has 0 saturated carbocycles. The van der Waals surface area contributed by atoms with Crippen molar-refractivity contribution in [1.82, 2.24) is 14.5 Å². The van der Waals surface area contributed by atoms with E-state index >= 15 is 0 Å². The van der Waals surface area contributed by atoms with Gasteiger partial charge in [0.2, 0.25) is 0 Å². The molecule has 4 aromatic rings. The second-order valence-corrected chi connectivity index (χ2v) is 9.39. The first-order valence-corrected chi connectivity index (χ1v) is 12.5. The first-order chi connectivity index (χ1) is 18.4. The highest BCUT2D eigenvalue weighted by Crippen LogP contribution is 2.29. The molecule has 3 aromatic carbocycles. The predicted octanol–water partition coefficient (Wildman–Crippen LogP) is 3.03. The zero-order chi connectivity index (χ0) is 26.8. The zero-order valence-corrected chi connectivity index (χ0v) is 21.7. The number of carbonyl (C=O) groups is 1. The summed E-state index contributed by atoms with van der Waals surface area (Å²) in [6.45, 7) is 4.99. The largest absolute Gasteiger partial charge is 0.493 e. The predicted molar refractivity (Wildman–Crippen MR) is 147 cm³/mol. The molecule has 1 aliphatic heterocycles. The maximum Gasteiger partial charge on any atom is 0.329 e. The van der Waals surface area contributed by atoms with Crippen LogP contribution in [0.5, 0.6) is 11.5 Å². The van der Waals surface area contributed by atoms with Gasteiger partial charge >= 0.3 is 5.69 Å². The maximum atomic E-state index is 13.1. The SMILES string of the molecule is COc1cc2[nH]c(=O)n(Cc3ccc(C(=O)N4CCN(c5cccc(C)c5)CC4)cc3)c(=O)c2cc1OC. The molecule has 0 unspecified atom stereocenters. The monoisotopic (exact) mass is 514 g/mol. The molecule has 0 radical (unpaired) electrons. The lowest BCUT2D eigenvalue weighted by Gasteiger charge is -2.36. The van der Waals surface area contributed by atoms with Crippen LogP contribution in [0.15, 0.2) is 70.3 Å². The summed E-state index contributed by atoms with van der Waals surface area (Å²) in [5.41, 5.74) is 3.12. The van der Waals surface area contributed by atoms with Crippen molar-refractivity contribution in [1.29, 1.82) is 0 Å². The highest BCUT2D eigenvalue weighted by molar-refractivity contribution is 5.94. The first-order valence-electron chi connectivity index (χ1n) is 12.5. The summed E-state index contributed by atoms with van der Waals surface area (Å²) in [6, 6.07) is 18.6. The lowest BCUT2D eigenvalue weighted by Crippen LogP contribution is -2.48. The van der Waals surface area contributed by atoms with Gasteiger partial charge in [-0.1, -0.05) is 24.3 Å². The zero-order valence-electron chi connectivity index (χ0n) is 21.7. The average molecular weight is 515 g/mol. The summed E-state index contributed by atoms with van der Waals surface area (Å²) < 4.78 is 11.7. The van der Waals surface area contributed by atoms with E-state index in [4.69, 9.17) is 9.47 Å². The quantitative estimate of drug-likeness (QED) is 0.425. The molecule has 5 rings (SSSR count). The number of benzene rings is 3. The van der Waals surface area contributed by atoms with Gasteiger partial charge in [0.1, 0.15) is 0 Å². The van der Waals surface area contributed by atoms with Gasteiger partial charge in [0.25, 0.3) is 11.5 Å². The van der Waals surface area contributed by atoms with Crippen LogP contribution in [0.25, 0.3) is 10.9 Å². The minimum Gasteiger partial charge on any atom is -0.493 e. The normalized spacial score (nSPS) is 13.6. The summed E-state index contributed by atoms with van der Waals surface area (Å²) in [4.78, 5) is 45.9. The second kappa shape index (κ2) is 10.5. The van der Waals surface area contributed by atoms with Gasteiger partial charge < -0.3 is 24.3 Å². The van der Waals surface area contributed by atoms with Gasteiger partial charge in [-0.05, 0) is 48.4 Å². The number of methoxy groups -OCH3 is 2. The molecule has 1 saturated heterocycles. The lowest BCUT2D eigenvalue weighted by molar-refractivity contribution is 0.0746. The third-order valence-corrected chi connectivity index (χ3v) is 6.96. The van der Waals surface area contributed by atoms with E-state index in [9.17, 15) is 14.4 Å². The molecule has 38 heavy (non-hydrogen) atoms. The Kier molecular flexibility index (Phi) is 6.91. The molecule has 9 heteroatoms. The van der Waals surface area contributed by atoms with E-state index in [1.54, 1.807) is 36.4 Å². The fraction of sp³-hybridized carbons (Fsp3) is 0.276. The Bertz CT molecular complexity index is 1600. The highest BCUT2D eigenvalue weighted by Gasteiger charge is 2.22. The number of aryl methyl sites for hydroxylation is 1. The Morgan fingerprint density at radius 1 is 0.895 bits per heavy atom. The van der Waals surface area contributed by atoms with Crippen LogP contribution in [0.2, 0.25) is 0 Å². The van der Waals surface area contributed by atoms with Crippen molar-refractivity contribution in [3.63, 3.8) is 0 Å². The van der Waals surface area contributed by atoms with Crippen LogP contribution in [-0.4, -0.2) is 60.8 Å². The summed E-state index contributed by atoms with van der Waals surface area (Å²) in [5, 5.41) is 0.318. The fourth-order valence-corrected chi connectivity index (χ4v) is 4.83. The number of aromatic nitrogens is 2. The van der Waals surface area contributed by atoms with Gasteiger partial charge in [-0.3, -0.25) is 14.2 Å². The Balaban J connectivity index is 1.30. The Hall–Kier alpha value is -4.53. The number of nitrogens with one attached hydrogen (secondary N) is 1. The maximum absolute atomic E-state index is 13.1. The number of nitrogens with zero attached hydrogens (tertiary/aromatic N) is 3. The van der Waals surface area contributed by atoms with E-state index in [-0.39, 0.29) is 12.5 Å². The number of rotatable bonds is 6. The first kappa shape index (κ1) is 25.1. The van der Waals surface area contributed by atoms with Gasteiger partial charge in [0.05, 0.1) is 31.7 Å². The number of aromatic amines is 1. The van der Waals surface area contributed by atoms with Crippen molar-refractivity contribution in [2.24, 2.45) is 0 Å². The fourth-order valence-electron chi connectivity index (χ4n) is 4.83. The Labute approximate surface area is 219 Å². The molecule has 196 valence electrons. The van der Waals surface area contributed by atoms with Gasteiger partial charge in [-0.2, -0.15) is 0 Å². The number of ether oxygens (including phenoxy) is 2. The van der Waals surface area contributed by atoms with Crippen molar-refractivity contribution in [2.45, 2.75) is 13.5 Å². The summed E-state index contributed by atoms with van der Waals surface area (Å²) in [5.74, 6) is 0.796. The van der Waals surface area contributed by atoms with Crippen LogP contribution >= 0.6 is 0 Å². The minimum absolute atomic E-state index is 0.0257. The topological polar surface area (TPSA) is 96.9 Å². The summed E-state index contributed by atoms with van der Waals surface area (Å²) in [6.07, 6.45) is 0. The number of H-pyrrole nitrogens is 1. The molecule has 1 fully saturated rings. The minimum atomic E-state index is -0.527. The molecule has 0 spiro atoms. The van der Waals surface area contributed by atoms with Gasteiger partial charge in [-0.25, -0.2) is 4.79 Å². The highest BCUT2D eigenvalue weighted by atomic mass is 16.5. The van der Waals surface area contributed by atoms with Crippen LogP contribution in [-0.2, 0) is 6.54 Å². The summed E-state index contributed by atoms with van der Waals surface area (Å²) in [7, 11) is 2.98. The van der Waals surface area contributed by atoms with Crippen molar-refractivity contribution < 1.29 is 14.3 Å². The number of anilines is 1. The molecule has 0 atom stereocenters. The average Bonchev–Trinajstić information content (AvgIpc) is 2.94. The van der Waals surface area contributed by atoms with Crippen LogP contribution in [0.3, 0.4) is 0 Å². The Morgan fingerprint density at radius 2 is 1.58 bits per heavy atom. The van der Waals surface area contributed by atoms with Crippen LogP contribution in [0, 0.1) is 6.92 Å². The third-order valence-electron chi connectivity index (χ3n) is 6.96. The molecule has 1 aliphatic rings. The summed E-state index contributed by atoms with van der Waals surface area (Å²) >= 11 is 0. The number of piperazine rings is 1. The standard InChI is InChI=1S/C29H30N4O5/c1-19-5-4-6-22(15-19)31-11-13-32(14-12-31)27(34)21-9-7-20(8-10-21)18-33-28(35)23-16-25(37-2)26(38-3)17-24(23)30-29(33)36/h4-10,15-17H,11-14,18H2,1-3H3,(H,30,36). The third kappa shape index (κ3) is 4.87. The number of hydrogen-bond acceptors (Lipinski definition) is 6. The Morgan fingerprint density at radius 3 is 2.24 bits per heavy atom. The van der Waals surface area contributed by atoms with Crippen molar-refractivity contribution in [2.75, 3.05) is 45.3 Å². The van der Waals surface area contributed by atoms with Gasteiger partial charge in [-0.15, -0.1) is 0 Å². The van der Waals surface area contributed by atoms with Crippen LogP contribution in [0.4, 0.5) is 5.69 Å². The smallest absolute Gasteiger partial charge is 0.329 e. The molecule has 1 amide bonds. The molecule has 2 heterocycles. The molecule has 9 nitrogen and oxygen atoms in total. The van der Waals surface area contributed by atoms with E-state index in [0.29, 0.717) is 41.1 Å². The number of fused-ring (bicyclic) bond motifs is 1. The van der Waals surface area contributed by atoms with E-state index in [1.165, 1.54) is 25.5 Å². The molecule has 1 aromatic heterocycles. The van der Waals surface area contributed by atoms with Crippen molar-refractivity contribution in [3.8, 4) is 11.5 Å². The molecular weight excluding hydrogens is 484 g/mol. The molecular formula is C29H30N4O5. The lowest BCUT2D eigenvalue weighted by atomic mass is 10.1. The van der Waals surface area contributed by atoms with E-state index in [2.05, 4.69) is 41.1 Å². The van der Waals surface area contributed by atoms with Crippen LogP contribution < -0.4 is 25.6 Å². The van der Waals surface area contributed by atoms with Crippen LogP contribution in [0.1, 0.15) is 21.5 Å². The van der Waals surface area contributed by atoms with E-state index < -0.39 is 11.2 Å². The second-order valence-electron chi connectivity index (χ2n) is 9.39. The number of amides is 1.